The third kappa shape index (κ3) is 2.36. The van der Waals surface area contributed by atoms with Crippen LogP contribution in [0.2, 0.25) is 0 Å². The summed E-state index contributed by atoms with van der Waals surface area (Å²) in [5.41, 5.74) is 1.95. The fourth-order valence-electron chi connectivity index (χ4n) is 2.21. The number of nitriles is 1. The summed E-state index contributed by atoms with van der Waals surface area (Å²) in [6.45, 7) is 5.50. The van der Waals surface area contributed by atoms with Gasteiger partial charge in [0.2, 0.25) is 0 Å². The maximum Gasteiger partial charge on any atom is 0.150 e. The number of rotatable bonds is 2. The predicted molar refractivity (Wildman–Crippen MR) is 68.8 cm³/mol. The van der Waals surface area contributed by atoms with Crippen molar-refractivity contribution in [2.45, 2.75) is 26.0 Å². The van der Waals surface area contributed by atoms with Crippen molar-refractivity contribution in [3.63, 3.8) is 0 Å². The molecule has 1 fully saturated rings. The van der Waals surface area contributed by atoms with E-state index in [4.69, 9.17) is 4.74 Å². The lowest BCUT2D eigenvalue weighted by Gasteiger charge is -2.38. The van der Waals surface area contributed by atoms with Crippen molar-refractivity contribution in [3.8, 4) is 6.07 Å². The molecule has 1 aromatic carbocycles. The molecule has 0 N–H and O–H groups in total. The molecule has 0 bridgehead atoms. The van der Waals surface area contributed by atoms with Gasteiger partial charge in [-0.15, -0.1) is 0 Å². The molecule has 1 aliphatic heterocycles. The quantitative estimate of drug-likeness (QED) is 0.746. The van der Waals surface area contributed by atoms with Crippen molar-refractivity contribution >= 4 is 12.0 Å². The predicted octanol–water partition coefficient (Wildman–Crippen LogP) is 1.98. The Kier molecular flexibility index (Phi) is 3.63. The van der Waals surface area contributed by atoms with E-state index in [1.54, 1.807) is 12.1 Å². The summed E-state index contributed by atoms with van der Waals surface area (Å²) >= 11 is 0. The van der Waals surface area contributed by atoms with Gasteiger partial charge in [0.25, 0.3) is 0 Å². The molecule has 2 unspecified atom stereocenters. The summed E-state index contributed by atoms with van der Waals surface area (Å²) in [5, 5.41) is 9.20. The largest absolute Gasteiger partial charge is 0.375 e. The monoisotopic (exact) mass is 244 g/mol. The molecular weight excluding hydrogens is 228 g/mol. The van der Waals surface area contributed by atoms with Gasteiger partial charge in [-0.25, -0.2) is 0 Å². The summed E-state index contributed by atoms with van der Waals surface area (Å²) in [7, 11) is 0. The van der Waals surface area contributed by atoms with Gasteiger partial charge in [-0.1, -0.05) is 0 Å². The Morgan fingerprint density at radius 1 is 1.50 bits per heavy atom. The Morgan fingerprint density at radius 3 is 2.94 bits per heavy atom. The Balaban J connectivity index is 2.37. The van der Waals surface area contributed by atoms with Crippen LogP contribution < -0.4 is 4.90 Å². The Morgan fingerprint density at radius 2 is 2.28 bits per heavy atom. The van der Waals surface area contributed by atoms with Crippen LogP contribution in [0.4, 0.5) is 5.69 Å². The van der Waals surface area contributed by atoms with Crippen molar-refractivity contribution in [2.24, 2.45) is 0 Å². The van der Waals surface area contributed by atoms with Gasteiger partial charge in [-0.05, 0) is 32.0 Å². The van der Waals surface area contributed by atoms with Gasteiger partial charge in [-0.2, -0.15) is 5.26 Å². The fraction of sp³-hybridized carbons (Fsp3) is 0.429. The van der Waals surface area contributed by atoms with E-state index in [1.807, 2.05) is 13.0 Å². The lowest BCUT2D eigenvalue weighted by atomic mass is 10.1. The second kappa shape index (κ2) is 5.19. The minimum absolute atomic E-state index is 0.151. The molecule has 2 atom stereocenters. The van der Waals surface area contributed by atoms with Crippen molar-refractivity contribution in [3.05, 3.63) is 29.3 Å². The number of nitrogens with zero attached hydrogens (tertiary/aromatic N) is 2. The topological polar surface area (TPSA) is 53.3 Å². The van der Waals surface area contributed by atoms with Crippen LogP contribution in [0.15, 0.2) is 18.2 Å². The maximum atomic E-state index is 10.7. The lowest BCUT2D eigenvalue weighted by molar-refractivity contribution is 0.0343. The summed E-state index contributed by atoms with van der Waals surface area (Å²) < 4.78 is 5.58. The highest BCUT2D eigenvalue weighted by Crippen LogP contribution is 2.26. The van der Waals surface area contributed by atoms with Crippen LogP contribution >= 0.6 is 0 Å². The zero-order valence-electron chi connectivity index (χ0n) is 10.6. The van der Waals surface area contributed by atoms with Crippen LogP contribution in [0, 0.1) is 11.3 Å². The third-order valence-electron chi connectivity index (χ3n) is 3.19. The third-order valence-corrected chi connectivity index (χ3v) is 3.19. The standard InChI is InChI=1S/C14H16N2O2/c1-10-9-18-11(2)7-16(10)14-4-3-12(8-17)5-13(14)6-15/h3-5,8,10-11H,7,9H2,1-2H3. The molecule has 0 radical (unpaired) electrons. The Bertz CT molecular complexity index is 493. The second-order valence-electron chi connectivity index (χ2n) is 4.65. The molecule has 0 spiro atoms. The highest BCUT2D eigenvalue weighted by molar-refractivity contribution is 5.78. The summed E-state index contributed by atoms with van der Waals surface area (Å²) in [5.74, 6) is 0. The molecule has 0 aliphatic carbocycles. The molecule has 18 heavy (non-hydrogen) atoms. The number of ether oxygens (including phenoxy) is 1. The summed E-state index contributed by atoms with van der Waals surface area (Å²) in [6, 6.07) is 7.62. The molecule has 0 saturated carbocycles. The smallest absolute Gasteiger partial charge is 0.150 e. The fourth-order valence-corrected chi connectivity index (χ4v) is 2.21. The molecule has 0 aromatic heterocycles. The zero-order valence-corrected chi connectivity index (χ0v) is 10.6. The number of benzene rings is 1. The van der Waals surface area contributed by atoms with Gasteiger partial charge < -0.3 is 9.64 Å². The minimum Gasteiger partial charge on any atom is -0.375 e. The first-order chi connectivity index (χ1) is 8.65. The van der Waals surface area contributed by atoms with Crippen LogP contribution in [-0.2, 0) is 4.74 Å². The first-order valence-electron chi connectivity index (χ1n) is 6.03. The second-order valence-corrected chi connectivity index (χ2v) is 4.65. The van der Waals surface area contributed by atoms with Crippen molar-refractivity contribution in [2.75, 3.05) is 18.1 Å². The number of carbonyl (C=O) groups is 1. The van der Waals surface area contributed by atoms with E-state index in [9.17, 15) is 10.1 Å². The lowest BCUT2D eigenvalue weighted by Crippen LogP contribution is -2.47. The van der Waals surface area contributed by atoms with Crippen LogP contribution in [0.1, 0.15) is 29.8 Å². The van der Waals surface area contributed by atoms with Gasteiger partial charge in [0.05, 0.1) is 24.0 Å². The minimum atomic E-state index is 0.151. The van der Waals surface area contributed by atoms with E-state index >= 15 is 0 Å². The average molecular weight is 244 g/mol. The number of anilines is 1. The zero-order chi connectivity index (χ0) is 13.1. The summed E-state index contributed by atoms with van der Waals surface area (Å²) in [4.78, 5) is 12.9. The average Bonchev–Trinajstić information content (AvgIpc) is 2.41. The first kappa shape index (κ1) is 12.6. The van der Waals surface area contributed by atoms with Crippen molar-refractivity contribution in [1.82, 2.24) is 0 Å². The van der Waals surface area contributed by atoms with Crippen molar-refractivity contribution in [1.29, 1.82) is 5.26 Å². The van der Waals surface area contributed by atoms with E-state index in [0.29, 0.717) is 17.7 Å². The van der Waals surface area contributed by atoms with E-state index in [-0.39, 0.29) is 12.1 Å². The molecule has 4 nitrogen and oxygen atoms in total. The molecule has 4 heteroatoms. The van der Waals surface area contributed by atoms with Crippen LogP contribution in [0.25, 0.3) is 0 Å². The van der Waals surface area contributed by atoms with Gasteiger partial charge >= 0.3 is 0 Å². The summed E-state index contributed by atoms with van der Waals surface area (Å²) in [6.07, 6.45) is 0.911. The van der Waals surface area contributed by atoms with E-state index < -0.39 is 0 Å². The normalized spacial score (nSPS) is 23.5. The van der Waals surface area contributed by atoms with E-state index in [1.165, 1.54) is 0 Å². The number of hydrogen-bond donors (Lipinski definition) is 0. The Labute approximate surface area is 107 Å². The van der Waals surface area contributed by atoms with Crippen molar-refractivity contribution < 1.29 is 9.53 Å². The van der Waals surface area contributed by atoms with Crippen LogP contribution in [0.5, 0.6) is 0 Å². The van der Waals surface area contributed by atoms with Gasteiger partial charge in [0.1, 0.15) is 12.4 Å². The highest BCUT2D eigenvalue weighted by Gasteiger charge is 2.25. The molecule has 0 amide bonds. The molecular formula is C14H16N2O2. The molecule has 1 aromatic rings. The number of hydrogen-bond acceptors (Lipinski definition) is 4. The Hall–Kier alpha value is -1.86. The molecule has 1 saturated heterocycles. The molecule has 94 valence electrons. The number of carbonyl (C=O) groups excluding carboxylic acids is 1. The van der Waals surface area contributed by atoms with Gasteiger partial charge in [0.15, 0.2) is 0 Å². The maximum absolute atomic E-state index is 10.7. The number of morpholine rings is 1. The van der Waals surface area contributed by atoms with Crippen LogP contribution in [0.3, 0.4) is 0 Å². The first-order valence-corrected chi connectivity index (χ1v) is 6.03. The van der Waals surface area contributed by atoms with Crippen LogP contribution in [-0.4, -0.2) is 31.6 Å². The molecule has 1 heterocycles. The molecule has 1 aliphatic rings. The van der Waals surface area contributed by atoms with Gasteiger partial charge in [-0.3, -0.25) is 4.79 Å². The molecule has 2 rings (SSSR count). The van der Waals surface area contributed by atoms with Gasteiger partial charge in [0, 0.05) is 18.2 Å². The number of aldehydes is 1. The SMILES string of the molecule is CC1CN(c2ccc(C=O)cc2C#N)C(C)CO1. The van der Waals surface area contributed by atoms with E-state index in [0.717, 1.165) is 18.5 Å². The van der Waals surface area contributed by atoms with E-state index in [2.05, 4.69) is 17.9 Å². The highest BCUT2D eigenvalue weighted by atomic mass is 16.5.